The number of hydrogen-bond acceptors (Lipinski definition) is 7. The van der Waals surface area contributed by atoms with E-state index in [4.69, 9.17) is 9.82 Å². The molecule has 0 spiro atoms. The van der Waals surface area contributed by atoms with Gasteiger partial charge in [0, 0.05) is 29.2 Å². The Labute approximate surface area is 250 Å². The van der Waals surface area contributed by atoms with Crippen LogP contribution in [0.1, 0.15) is 77.0 Å². The zero-order valence-corrected chi connectivity index (χ0v) is 25.9. The van der Waals surface area contributed by atoms with Gasteiger partial charge in [-0.15, -0.1) is 0 Å². The number of aromatic nitrogens is 4. The van der Waals surface area contributed by atoms with Crippen molar-refractivity contribution >= 4 is 6.20 Å². The molecule has 4 aromatic rings. The summed E-state index contributed by atoms with van der Waals surface area (Å²) in [5, 5.41) is 3.78. The Hall–Kier alpha value is -4.31. The first-order chi connectivity index (χ1) is 20.4. The van der Waals surface area contributed by atoms with Gasteiger partial charge in [-0.2, -0.15) is 0 Å². The van der Waals surface area contributed by atoms with Gasteiger partial charge in [0.1, 0.15) is 11.6 Å². The first-order valence-corrected chi connectivity index (χ1v) is 14.6. The molecule has 43 heavy (non-hydrogen) atoms. The maximum atomic E-state index is 15.7. The molecule has 2 aromatic heterocycles. The molecule has 0 saturated carbocycles. The van der Waals surface area contributed by atoms with Gasteiger partial charge in [-0.3, -0.25) is 29.2 Å². The molecule has 0 bridgehead atoms. The molecule has 2 N–H and O–H groups in total. The largest absolute Gasteiger partial charge is 0.439 e. The van der Waals surface area contributed by atoms with Crippen molar-refractivity contribution in [2.24, 2.45) is 5.41 Å². The lowest BCUT2D eigenvalue weighted by atomic mass is 9.93. The van der Waals surface area contributed by atoms with Crippen molar-refractivity contribution in [2.75, 3.05) is 0 Å². The number of halogens is 1. The molecule has 0 unspecified atom stereocenters. The average molecular weight is 590 g/mol. The topological polar surface area (TPSA) is 115 Å². The van der Waals surface area contributed by atoms with Gasteiger partial charge in [0.15, 0.2) is 5.82 Å². The van der Waals surface area contributed by atoms with Crippen molar-refractivity contribution in [1.82, 2.24) is 25.2 Å². The van der Waals surface area contributed by atoms with E-state index in [1.807, 2.05) is 46.8 Å². The number of benzene rings is 2. The van der Waals surface area contributed by atoms with Gasteiger partial charge in [-0.05, 0) is 56.4 Å². The Morgan fingerprint density at radius 3 is 2.49 bits per heavy atom. The minimum atomic E-state index is -0.671. The van der Waals surface area contributed by atoms with Crippen LogP contribution in [0.25, 0.3) is 28.7 Å². The van der Waals surface area contributed by atoms with Crippen molar-refractivity contribution in [2.45, 2.75) is 80.3 Å². The summed E-state index contributed by atoms with van der Waals surface area (Å²) >= 11 is 0. The highest BCUT2D eigenvalue weighted by Crippen LogP contribution is 2.31. The van der Waals surface area contributed by atoms with Gasteiger partial charge in [-0.1, -0.05) is 75.7 Å². The number of unbranched alkanes of at least 4 members (excludes halogenated alkanes) is 1. The molecular formula is C33H40FN5O4. The summed E-state index contributed by atoms with van der Waals surface area (Å²) in [6.07, 6.45) is 4.17. The quantitative estimate of drug-likeness (QED) is 0.194. The maximum absolute atomic E-state index is 15.7. The van der Waals surface area contributed by atoms with Gasteiger partial charge in [0.05, 0.1) is 17.5 Å². The first-order valence-electron chi connectivity index (χ1n) is 14.6. The zero-order valence-electron chi connectivity index (χ0n) is 25.9. The van der Waals surface area contributed by atoms with Gasteiger partial charge in [0.2, 0.25) is 0 Å². The highest BCUT2D eigenvalue weighted by Gasteiger charge is 2.22. The molecule has 0 amide bonds. The molecule has 9 nitrogen and oxygen atoms in total. The predicted molar refractivity (Wildman–Crippen MR) is 166 cm³/mol. The Balaban J connectivity index is 1.77. The summed E-state index contributed by atoms with van der Waals surface area (Å²) in [5.74, 6) is -0.318. The molecule has 0 fully saturated rings. The van der Waals surface area contributed by atoms with E-state index >= 15 is 4.39 Å². The molecular weight excluding hydrogens is 549 g/mol. The van der Waals surface area contributed by atoms with Crippen LogP contribution in [0.3, 0.4) is 0 Å². The van der Waals surface area contributed by atoms with Crippen molar-refractivity contribution < 1.29 is 13.8 Å². The predicted octanol–water partition coefficient (Wildman–Crippen LogP) is 6.41. The second kappa shape index (κ2) is 13.3. The van der Waals surface area contributed by atoms with Crippen molar-refractivity contribution in [3.63, 3.8) is 0 Å². The number of hydroxylamine groups is 1. The number of nitrogens with one attached hydrogen (secondary N) is 2. The van der Waals surface area contributed by atoms with Crippen LogP contribution in [-0.4, -0.2) is 25.8 Å². The fourth-order valence-electron chi connectivity index (χ4n) is 4.63. The zero-order chi connectivity index (χ0) is 31.3. The standard InChI is InChI=1S/C33H40FN5O4/c1-8-9-14-28-26(31(40)39(21(4)35-28)19-29(33(5,6)7)37-42-20(2)3)17-23-16-15-22(18-27(23)34)24-12-10-11-13-25(24)30-36-32(41)43-38-30/h10-13,15-16,18-20,37H,8-9,14,17H2,1-7H3,(H,36,38,41). The SMILES string of the molecule is CCCCc1nc(C)n(C=C(NOC(C)C)C(C)(C)C)c(=O)c1Cc1ccc(-c2ccccc2-c2noc(=O)[nH]2)cc1F. The number of nitrogens with zero attached hydrogens (tertiary/aromatic N) is 3. The molecule has 0 saturated heterocycles. The summed E-state index contributed by atoms with van der Waals surface area (Å²) in [6.45, 7) is 13.8. The number of aromatic amines is 1. The molecule has 2 aromatic carbocycles. The molecule has 0 atom stereocenters. The Morgan fingerprint density at radius 2 is 1.88 bits per heavy atom. The summed E-state index contributed by atoms with van der Waals surface area (Å²) in [6, 6.07) is 12.1. The third-order valence-corrected chi connectivity index (χ3v) is 7.06. The van der Waals surface area contributed by atoms with E-state index in [-0.39, 0.29) is 29.3 Å². The van der Waals surface area contributed by atoms with Gasteiger partial charge in [0.25, 0.3) is 5.56 Å². The van der Waals surface area contributed by atoms with E-state index in [1.54, 1.807) is 37.4 Å². The van der Waals surface area contributed by atoms with Crippen LogP contribution >= 0.6 is 0 Å². The number of rotatable bonds is 11. The molecule has 0 aliphatic heterocycles. The molecule has 0 aliphatic rings. The lowest BCUT2D eigenvalue weighted by molar-refractivity contribution is 0.00470. The summed E-state index contributed by atoms with van der Waals surface area (Å²) < 4.78 is 21.9. The third-order valence-electron chi connectivity index (χ3n) is 7.06. The fraction of sp³-hybridized carbons (Fsp3) is 0.394. The van der Waals surface area contributed by atoms with Crippen LogP contribution in [0.4, 0.5) is 4.39 Å². The molecule has 10 heteroatoms. The number of allylic oxidation sites excluding steroid dienone is 1. The summed E-state index contributed by atoms with van der Waals surface area (Å²) in [5.41, 5.74) is 6.53. The Bertz CT molecular complexity index is 1730. The van der Waals surface area contributed by atoms with E-state index in [0.29, 0.717) is 51.5 Å². The molecule has 228 valence electrons. The second-order valence-electron chi connectivity index (χ2n) is 11.9. The normalized spacial score (nSPS) is 12.3. The molecule has 2 heterocycles. The van der Waals surface area contributed by atoms with Crippen LogP contribution in [0.2, 0.25) is 0 Å². The highest BCUT2D eigenvalue weighted by molar-refractivity contribution is 5.80. The number of hydrogen-bond donors (Lipinski definition) is 2. The van der Waals surface area contributed by atoms with E-state index < -0.39 is 11.6 Å². The number of H-pyrrole nitrogens is 1. The van der Waals surface area contributed by atoms with E-state index in [2.05, 4.69) is 27.1 Å². The van der Waals surface area contributed by atoms with Gasteiger partial charge >= 0.3 is 5.76 Å². The summed E-state index contributed by atoms with van der Waals surface area (Å²) in [4.78, 5) is 38.6. The third kappa shape index (κ3) is 7.56. The van der Waals surface area contributed by atoms with E-state index in [1.165, 1.54) is 10.6 Å². The van der Waals surface area contributed by atoms with Crippen LogP contribution in [0.5, 0.6) is 0 Å². The average Bonchev–Trinajstić information content (AvgIpc) is 3.39. The fourth-order valence-corrected chi connectivity index (χ4v) is 4.63. The molecule has 4 rings (SSSR count). The van der Waals surface area contributed by atoms with Crippen molar-refractivity contribution in [3.05, 3.63) is 97.5 Å². The van der Waals surface area contributed by atoms with E-state index in [9.17, 15) is 9.59 Å². The van der Waals surface area contributed by atoms with Crippen molar-refractivity contribution in [3.8, 4) is 22.5 Å². The minimum absolute atomic E-state index is 0.0650. The molecule has 0 radical (unpaired) electrons. The van der Waals surface area contributed by atoms with Crippen LogP contribution in [-0.2, 0) is 17.7 Å². The monoisotopic (exact) mass is 589 g/mol. The van der Waals surface area contributed by atoms with Crippen LogP contribution in [0.15, 0.2) is 62.3 Å². The van der Waals surface area contributed by atoms with Gasteiger partial charge < -0.3 is 0 Å². The first kappa shape index (κ1) is 31.6. The maximum Gasteiger partial charge on any atom is 0.439 e. The lowest BCUT2D eigenvalue weighted by Crippen LogP contribution is -2.31. The lowest BCUT2D eigenvalue weighted by Gasteiger charge is -2.25. The number of aryl methyl sites for hydroxylation is 2. The highest BCUT2D eigenvalue weighted by atomic mass is 19.1. The smallest absolute Gasteiger partial charge is 0.296 e. The Morgan fingerprint density at radius 1 is 1.16 bits per heavy atom. The van der Waals surface area contributed by atoms with Gasteiger partial charge in [-0.25, -0.2) is 14.2 Å². The van der Waals surface area contributed by atoms with Crippen LogP contribution in [0, 0.1) is 18.2 Å². The van der Waals surface area contributed by atoms with Crippen molar-refractivity contribution in [1.29, 1.82) is 0 Å². The summed E-state index contributed by atoms with van der Waals surface area (Å²) in [7, 11) is 0. The van der Waals surface area contributed by atoms with E-state index in [0.717, 1.165) is 12.8 Å². The molecule has 0 aliphatic carbocycles. The van der Waals surface area contributed by atoms with Crippen LogP contribution < -0.4 is 16.8 Å². The second-order valence-corrected chi connectivity index (χ2v) is 11.9. The minimum Gasteiger partial charge on any atom is -0.296 e. The Kier molecular flexibility index (Phi) is 9.80.